The molecule has 114 valence electrons. The van der Waals surface area contributed by atoms with Crippen LogP contribution in [-0.4, -0.2) is 34.3 Å². The van der Waals surface area contributed by atoms with Gasteiger partial charge in [-0.3, -0.25) is 0 Å². The number of hydrogen-bond donors (Lipinski definition) is 1. The van der Waals surface area contributed by atoms with Crippen molar-refractivity contribution in [2.45, 2.75) is 39.2 Å². The fraction of sp³-hybridized carbons (Fsp3) is 0.500. The minimum Gasteiger partial charge on any atom is -0.478 e. The van der Waals surface area contributed by atoms with E-state index in [1.807, 2.05) is 6.07 Å². The van der Waals surface area contributed by atoms with Gasteiger partial charge in [0.05, 0.1) is 11.1 Å². The Bertz CT molecular complexity index is 634. The smallest absolute Gasteiger partial charge is 0.337 e. The van der Waals surface area contributed by atoms with Crippen molar-refractivity contribution < 1.29 is 14.6 Å². The number of fused-ring (bicyclic) bond motifs is 1. The van der Waals surface area contributed by atoms with Crippen LogP contribution in [0.15, 0.2) is 18.2 Å². The number of aryl methyl sites for hydroxylation is 1. The second-order valence-electron chi connectivity index (χ2n) is 5.26. The van der Waals surface area contributed by atoms with Crippen LogP contribution in [0.2, 0.25) is 0 Å². The number of nitrogens with zero attached hydrogens (tertiary/aromatic N) is 2. The molecule has 1 aromatic carbocycles. The van der Waals surface area contributed by atoms with E-state index in [4.69, 9.17) is 4.74 Å². The van der Waals surface area contributed by atoms with Gasteiger partial charge in [0.1, 0.15) is 11.3 Å². The molecular formula is C16H22N2O3. The van der Waals surface area contributed by atoms with Crippen LogP contribution in [0.1, 0.15) is 48.9 Å². The Labute approximate surface area is 124 Å². The highest BCUT2D eigenvalue weighted by molar-refractivity contribution is 6.01. The Balaban J connectivity index is 2.57. The van der Waals surface area contributed by atoms with Gasteiger partial charge in [0.2, 0.25) is 0 Å². The fourth-order valence-electron chi connectivity index (χ4n) is 2.65. The van der Waals surface area contributed by atoms with Crippen molar-refractivity contribution >= 4 is 17.0 Å². The van der Waals surface area contributed by atoms with Crippen LogP contribution in [0, 0.1) is 0 Å². The lowest BCUT2D eigenvalue weighted by atomic mass is 10.1. The molecule has 1 unspecified atom stereocenters. The number of benzene rings is 1. The first-order valence-corrected chi connectivity index (χ1v) is 7.32. The van der Waals surface area contributed by atoms with Gasteiger partial charge in [-0.25, -0.2) is 9.78 Å². The molecule has 0 aliphatic rings. The summed E-state index contributed by atoms with van der Waals surface area (Å²) in [7, 11) is 1.69. The van der Waals surface area contributed by atoms with Gasteiger partial charge >= 0.3 is 5.97 Å². The zero-order valence-electron chi connectivity index (χ0n) is 12.8. The molecule has 0 aliphatic carbocycles. The summed E-state index contributed by atoms with van der Waals surface area (Å²) in [5, 5.41) is 9.32. The van der Waals surface area contributed by atoms with Gasteiger partial charge in [-0.05, 0) is 31.9 Å². The molecule has 1 N–H and O–H groups in total. The first-order chi connectivity index (χ1) is 10.1. The van der Waals surface area contributed by atoms with Crippen molar-refractivity contribution in [2.75, 3.05) is 13.7 Å². The van der Waals surface area contributed by atoms with Gasteiger partial charge in [0.15, 0.2) is 0 Å². The van der Waals surface area contributed by atoms with E-state index in [2.05, 4.69) is 23.4 Å². The largest absolute Gasteiger partial charge is 0.478 e. The van der Waals surface area contributed by atoms with Crippen molar-refractivity contribution in [1.82, 2.24) is 9.55 Å². The number of ether oxygens (including phenoxy) is 1. The van der Waals surface area contributed by atoms with E-state index in [-0.39, 0.29) is 11.6 Å². The summed E-state index contributed by atoms with van der Waals surface area (Å²) in [5.74, 6) is 0.0163. The van der Waals surface area contributed by atoms with Gasteiger partial charge in [0.25, 0.3) is 0 Å². The minimum absolute atomic E-state index is 0.223. The summed E-state index contributed by atoms with van der Waals surface area (Å²) in [4.78, 5) is 16.0. The SMILES string of the molecule is CCCc1nc2c(C(=O)O)cccc2n1C(C)CCOC. The topological polar surface area (TPSA) is 64.3 Å². The van der Waals surface area contributed by atoms with E-state index < -0.39 is 5.97 Å². The van der Waals surface area contributed by atoms with Crippen LogP contribution in [0.3, 0.4) is 0 Å². The normalized spacial score (nSPS) is 12.7. The first kappa shape index (κ1) is 15.5. The van der Waals surface area contributed by atoms with E-state index in [0.29, 0.717) is 12.1 Å². The fourth-order valence-corrected chi connectivity index (χ4v) is 2.65. The van der Waals surface area contributed by atoms with Crippen LogP contribution in [0.5, 0.6) is 0 Å². The van der Waals surface area contributed by atoms with E-state index >= 15 is 0 Å². The lowest BCUT2D eigenvalue weighted by Crippen LogP contribution is -2.11. The molecular weight excluding hydrogens is 268 g/mol. The Morgan fingerprint density at radius 3 is 2.86 bits per heavy atom. The van der Waals surface area contributed by atoms with Crippen LogP contribution in [-0.2, 0) is 11.2 Å². The number of para-hydroxylation sites is 1. The minimum atomic E-state index is -0.933. The number of carboxylic acid groups (broad SMARTS) is 1. The van der Waals surface area contributed by atoms with Crippen LogP contribution < -0.4 is 0 Å². The molecule has 1 aromatic heterocycles. The number of imidazole rings is 1. The zero-order chi connectivity index (χ0) is 15.4. The number of hydrogen-bond acceptors (Lipinski definition) is 3. The predicted octanol–water partition coefficient (Wildman–Crippen LogP) is 3.28. The van der Waals surface area contributed by atoms with Gasteiger partial charge in [-0.15, -0.1) is 0 Å². The Morgan fingerprint density at radius 1 is 1.48 bits per heavy atom. The van der Waals surface area contributed by atoms with E-state index in [1.54, 1.807) is 19.2 Å². The van der Waals surface area contributed by atoms with Gasteiger partial charge in [-0.2, -0.15) is 0 Å². The van der Waals surface area contributed by atoms with Crippen molar-refractivity contribution in [2.24, 2.45) is 0 Å². The number of carboxylic acids is 1. The molecule has 0 saturated carbocycles. The number of methoxy groups -OCH3 is 1. The summed E-state index contributed by atoms with van der Waals surface area (Å²) in [6.45, 7) is 4.89. The highest BCUT2D eigenvalue weighted by Crippen LogP contribution is 2.26. The first-order valence-electron chi connectivity index (χ1n) is 7.32. The third-order valence-corrected chi connectivity index (χ3v) is 3.68. The molecule has 0 amide bonds. The van der Waals surface area contributed by atoms with Crippen LogP contribution in [0.25, 0.3) is 11.0 Å². The van der Waals surface area contributed by atoms with Gasteiger partial charge < -0.3 is 14.4 Å². The van der Waals surface area contributed by atoms with Crippen molar-refractivity contribution in [3.8, 4) is 0 Å². The Hall–Kier alpha value is -1.88. The second-order valence-corrected chi connectivity index (χ2v) is 5.26. The molecule has 2 aromatic rings. The van der Waals surface area contributed by atoms with Crippen LogP contribution >= 0.6 is 0 Å². The van der Waals surface area contributed by atoms with E-state index in [9.17, 15) is 9.90 Å². The molecule has 1 heterocycles. The summed E-state index contributed by atoms with van der Waals surface area (Å²) in [6, 6.07) is 5.55. The summed E-state index contributed by atoms with van der Waals surface area (Å²) >= 11 is 0. The number of rotatable bonds is 7. The molecule has 21 heavy (non-hydrogen) atoms. The molecule has 0 radical (unpaired) electrons. The lowest BCUT2D eigenvalue weighted by molar-refractivity contribution is 0.0699. The maximum Gasteiger partial charge on any atom is 0.337 e. The summed E-state index contributed by atoms with van der Waals surface area (Å²) in [5.41, 5.74) is 1.74. The second kappa shape index (κ2) is 6.72. The lowest BCUT2D eigenvalue weighted by Gasteiger charge is -2.17. The zero-order valence-corrected chi connectivity index (χ0v) is 12.8. The van der Waals surface area contributed by atoms with Crippen molar-refractivity contribution in [1.29, 1.82) is 0 Å². The highest BCUT2D eigenvalue weighted by Gasteiger charge is 2.19. The molecule has 0 bridgehead atoms. The molecule has 0 fully saturated rings. The van der Waals surface area contributed by atoms with Crippen molar-refractivity contribution in [3.05, 3.63) is 29.6 Å². The number of aromatic carboxylic acids is 1. The molecule has 5 heteroatoms. The maximum atomic E-state index is 11.4. The third-order valence-electron chi connectivity index (χ3n) is 3.68. The maximum absolute atomic E-state index is 11.4. The highest BCUT2D eigenvalue weighted by atomic mass is 16.5. The third kappa shape index (κ3) is 3.08. The Morgan fingerprint density at radius 2 is 2.24 bits per heavy atom. The molecule has 0 saturated heterocycles. The predicted molar refractivity (Wildman–Crippen MR) is 81.9 cm³/mol. The van der Waals surface area contributed by atoms with Gasteiger partial charge in [0, 0.05) is 26.2 Å². The number of aromatic nitrogens is 2. The molecule has 0 spiro atoms. The summed E-state index contributed by atoms with van der Waals surface area (Å²) in [6.07, 6.45) is 2.68. The molecule has 0 aliphatic heterocycles. The van der Waals surface area contributed by atoms with Crippen molar-refractivity contribution in [3.63, 3.8) is 0 Å². The summed E-state index contributed by atoms with van der Waals surface area (Å²) < 4.78 is 7.31. The standard InChI is InChI=1S/C16H22N2O3/c1-4-6-14-17-15-12(16(19)20)7-5-8-13(15)18(14)11(2)9-10-21-3/h5,7-8,11H,4,6,9-10H2,1-3H3,(H,19,20). The number of carbonyl (C=O) groups is 1. The average Bonchev–Trinajstić information content (AvgIpc) is 2.82. The quantitative estimate of drug-likeness (QED) is 0.850. The van der Waals surface area contributed by atoms with E-state index in [0.717, 1.165) is 30.6 Å². The Kier molecular flexibility index (Phi) is 4.96. The average molecular weight is 290 g/mol. The molecule has 5 nitrogen and oxygen atoms in total. The monoisotopic (exact) mass is 290 g/mol. The molecule has 2 rings (SSSR count). The van der Waals surface area contributed by atoms with E-state index in [1.165, 1.54) is 0 Å². The molecule has 1 atom stereocenters. The van der Waals surface area contributed by atoms with Gasteiger partial charge in [-0.1, -0.05) is 13.0 Å². The van der Waals surface area contributed by atoms with Crippen LogP contribution in [0.4, 0.5) is 0 Å².